The molecule has 3 aromatic rings. The number of nitro benzene ring substituents is 1. The van der Waals surface area contributed by atoms with Crippen LogP contribution >= 0.6 is 22.9 Å². The summed E-state index contributed by atoms with van der Waals surface area (Å²) < 4.78 is 58.6. The van der Waals surface area contributed by atoms with Gasteiger partial charge in [0, 0.05) is 5.02 Å². The second kappa shape index (κ2) is 11.1. The number of halogens is 4. The fourth-order valence-corrected chi connectivity index (χ4v) is 5.22. The lowest BCUT2D eigenvalue weighted by atomic mass is 9.95. The Hall–Kier alpha value is -4.17. The van der Waals surface area contributed by atoms with Crippen LogP contribution in [0.4, 0.5) is 18.9 Å². The number of ether oxygens (including phenoxy) is 3. The summed E-state index contributed by atoms with van der Waals surface area (Å²) in [6.45, 7) is 1.20. The van der Waals surface area contributed by atoms with Gasteiger partial charge < -0.3 is 14.2 Å². The van der Waals surface area contributed by atoms with Crippen LogP contribution in [-0.2, 0) is 9.53 Å². The number of rotatable bonds is 7. The SMILES string of the molecule is CCOC(=O)C1=C(C(F)(F)F)N=c2s/c(=C\c3cc(OC)c(OC)cc3[N+](=O)[O-])c(=O)n2[C@H]1c1ccc(Cl)cc1. The van der Waals surface area contributed by atoms with Crippen LogP contribution in [0.15, 0.2) is 57.5 Å². The molecule has 1 aromatic heterocycles. The van der Waals surface area contributed by atoms with Crippen LogP contribution in [0, 0.1) is 10.1 Å². The van der Waals surface area contributed by atoms with E-state index in [-0.39, 0.29) is 43.6 Å². The van der Waals surface area contributed by atoms with Crippen molar-refractivity contribution in [3.8, 4) is 11.5 Å². The van der Waals surface area contributed by atoms with Gasteiger partial charge in [0.1, 0.15) is 0 Å². The molecule has 4 rings (SSSR count). The third kappa shape index (κ3) is 5.31. The number of carbonyl (C=O) groups excluding carboxylic acids is 1. The highest BCUT2D eigenvalue weighted by atomic mass is 35.5. The van der Waals surface area contributed by atoms with E-state index in [9.17, 15) is 32.9 Å². The van der Waals surface area contributed by atoms with Gasteiger partial charge in [0.25, 0.3) is 11.2 Å². The largest absolute Gasteiger partial charge is 0.493 e. The molecule has 210 valence electrons. The Morgan fingerprint density at radius 2 is 1.82 bits per heavy atom. The summed E-state index contributed by atoms with van der Waals surface area (Å²) in [6.07, 6.45) is -3.94. The van der Waals surface area contributed by atoms with Gasteiger partial charge in [0.2, 0.25) is 0 Å². The molecular formula is C25H19ClF3N3O7S. The van der Waals surface area contributed by atoms with Crippen molar-refractivity contribution >= 4 is 40.7 Å². The van der Waals surface area contributed by atoms with E-state index in [1.54, 1.807) is 0 Å². The summed E-state index contributed by atoms with van der Waals surface area (Å²) >= 11 is 6.54. The number of methoxy groups -OCH3 is 2. The predicted molar refractivity (Wildman–Crippen MR) is 138 cm³/mol. The zero-order chi connectivity index (χ0) is 29.4. The van der Waals surface area contributed by atoms with Crippen LogP contribution in [0.5, 0.6) is 11.5 Å². The summed E-state index contributed by atoms with van der Waals surface area (Å²) in [5.74, 6) is -1.12. The van der Waals surface area contributed by atoms with Crippen molar-refractivity contribution in [2.45, 2.75) is 19.1 Å². The number of nitrogens with zero attached hydrogens (tertiary/aromatic N) is 3. The van der Waals surface area contributed by atoms with E-state index in [2.05, 4.69) is 4.99 Å². The van der Waals surface area contributed by atoms with Crippen LogP contribution in [-0.4, -0.2) is 42.5 Å². The molecular weight excluding hydrogens is 579 g/mol. The van der Waals surface area contributed by atoms with E-state index in [0.29, 0.717) is 11.3 Å². The first kappa shape index (κ1) is 28.8. The first-order valence-corrected chi connectivity index (χ1v) is 12.6. The number of alkyl halides is 3. The molecule has 0 saturated heterocycles. The number of hydrogen-bond acceptors (Lipinski definition) is 9. The molecule has 0 fully saturated rings. The predicted octanol–water partition coefficient (Wildman–Crippen LogP) is 3.92. The Bertz CT molecular complexity index is 1710. The number of allylic oxidation sites excluding steroid dienone is 1. The second-order valence-electron chi connectivity index (χ2n) is 8.14. The molecule has 0 saturated carbocycles. The van der Waals surface area contributed by atoms with Crippen molar-refractivity contribution in [2.24, 2.45) is 4.99 Å². The smallest absolute Gasteiger partial charge is 0.434 e. The maximum Gasteiger partial charge on any atom is 0.434 e. The van der Waals surface area contributed by atoms with Crippen molar-refractivity contribution in [1.82, 2.24) is 4.57 Å². The number of carbonyl (C=O) groups is 1. The highest BCUT2D eigenvalue weighted by Crippen LogP contribution is 2.39. The van der Waals surface area contributed by atoms with Gasteiger partial charge in [-0.2, -0.15) is 13.2 Å². The number of thiazole rings is 1. The lowest BCUT2D eigenvalue weighted by Crippen LogP contribution is -2.41. The van der Waals surface area contributed by atoms with Crippen molar-refractivity contribution in [1.29, 1.82) is 0 Å². The summed E-state index contributed by atoms with van der Waals surface area (Å²) in [7, 11) is 2.60. The molecule has 2 aromatic carbocycles. The van der Waals surface area contributed by atoms with E-state index in [1.807, 2.05) is 0 Å². The zero-order valence-electron chi connectivity index (χ0n) is 20.9. The standard InChI is InChI=1S/C25H19ClF3N3O7S/c1-4-39-23(34)19-20(12-5-7-14(26)8-6-12)31-22(33)18(40-24(31)30-21(19)25(27,28)29)10-13-9-16(37-2)17(38-3)11-15(13)32(35)36/h5-11,20H,4H2,1-3H3/b18-10-/t20-/m0/s1. The van der Waals surface area contributed by atoms with Gasteiger partial charge in [-0.25, -0.2) is 9.79 Å². The minimum Gasteiger partial charge on any atom is -0.493 e. The maximum atomic E-state index is 14.2. The van der Waals surface area contributed by atoms with Gasteiger partial charge in [-0.05, 0) is 36.8 Å². The minimum absolute atomic E-state index is 0.0597. The third-order valence-electron chi connectivity index (χ3n) is 5.80. The van der Waals surface area contributed by atoms with Crippen LogP contribution in [0.25, 0.3) is 6.08 Å². The van der Waals surface area contributed by atoms with Gasteiger partial charge in [0.15, 0.2) is 22.0 Å². The lowest BCUT2D eigenvalue weighted by molar-refractivity contribution is -0.385. The van der Waals surface area contributed by atoms with Crippen molar-refractivity contribution in [3.05, 3.63) is 93.6 Å². The number of esters is 1. The summed E-state index contributed by atoms with van der Waals surface area (Å²) in [6, 6.07) is 6.33. The molecule has 10 nitrogen and oxygen atoms in total. The highest BCUT2D eigenvalue weighted by molar-refractivity contribution is 7.07. The number of aromatic nitrogens is 1. The first-order valence-electron chi connectivity index (χ1n) is 11.4. The van der Waals surface area contributed by atoms with E-state index < -0.39 is 45.6 Å². The Balaban J connectivity index is 2.07. The molecule has 2 heterocycles. The third-order valence-corrected chi connectivity index (χ3v) is 7.03. The molecule has 0 amide bonds. The Morgan fingerprint density at radius 1 is 1.20 bits per heavy atom. The minimum atomic E-state index is -5.08. The maximum absolute atomic E-state index is 14.2. The van der Waals surface area contributed by atoms with E-state index in [4.69, 9.17) is 25.8 Å². The number of nitro groups is 1. The monoisotopic (exact) mass is 597 g/mol. The quantitative estimate of drug-likeness (QED) is 0.230. The average Bonchev–Trinajstić information content (AvgIpc) is 3.21. The normalized spacial score (nSPS) is 15.4. The molecule has 0 aliphatic carbocycles. The van der Waals surface area contributed by atoms with E-state index in [0.717, 1.165) is 16.7 Å². The van der Waals surface area contributed by atoms with Crippen molar-refractivity contribution in [3.63, 3.8) is 0 Å². The Kier molecular flexibility index (Phi) is 8.03. The molecule has 0 unspecified atom stereocenters. The zero-order valence-corrected chi connectivity index (χ0v) is 22.5. The van der Waals surface area contributed by atoms with Gasteiger partial charge in [-0.15, -0.1) is 0 Å². The Labute approximate surface area is 232 Å². The number of benzene rings is 2. The molecule has 15 heteroatoms. The van der Waals surface area contributed by atoms with Crippen molar-refractivity contribution < 1.29 is 37.1 Å². The fraction of sp³-hybridized carbons (Fsp3) is 0.240. The molecule has 1 aliphatic rings. The van der Waals surface area contributed by atoms with Gasteiger partial charge in [-0.1, -0.05) is 35.1 Å². The fourth-order valence-electron chi connectivity index (χ4n) is 4.10. The van der Waals surface area contributed by atoms with E-state index >= 15 is 0 Å². The molecule has 0 N–H and O–H groups in total. The lowest BCUT2D eigenvalue weighted by Gasteiger charge is -2.26. The van der Waals surface area contributed by atoms with Crippen LogP contribution in [0.1, 0.15) is 24.1 Å². The summed E-state index contributed by atoms with van der Waals surface area (Å²) in [4.78, 5) is 40.9. The van der Waals surface area contributed by atoms with Gasteiger partial charge in [0.05, 0.1) is 53.5 Å². The average molecular weight is 598 g/mol. The molecule has 0 radical (unpaired) electrons. The summed E-state index contributed by atoms with van der Waals surface area (Å²) in [5.41, 5.74) is -3.62. The molecule has 0 bridgehead atoms. The molecule has 1 atom stereocenters. The topological polar surface area (TPSA) is 122 Å². The van der Waals surface area contributed by atoms with Crippen LogP contribution in [0.3, 0.4) is 0 Å². The van der Waals surface area contributed by atoms with Crippen molar-refractivity contribution in [2.75, 3.05) is 20.8 Å². The Morgan fingerprint density at radius 3 is 2.38 bits per heavy atom. The van der Waals surface area contributed by atoms with Crippen LogP contribution < -0.4 is 24.4 Å². The van der Waals surface area contributed by atoms with E-state index in [1.165, 1.54) is 51.5 Å². The summed E-state index contributed by atoms with van der Waals surface area (Å²) in [5, 5.41) is 12.0. The molecule has 40 heavy (non-hydrogen) atoms. The van der Waals surface area contributed by atoms with Gasteiger partial charge >= 0.3 is 12.1 Å². The highest BCUT2D eigenvalue weighted by Gasteiger charge is 2.45. The second-order valence-corrected chi connectivity index (χ2v) is 9.58. The van der Waals surface area contributed by atoms with Crippen LogP contribution in [0.2, 0.25) is 5.02 Å². The molecule has 0 spiro atoms. The molecule has 1 aliphatic heterocycles. The van der Waals surface area contributed by atoms with Gasteiger partial charge in [-0.3, -0.25) is 19.5 Å². The first-order chi connectivity index (χ1) is 18.9. The number of hydrogen-bond donors (Lipinski definition) is 0. The number of fused-ring (bicyclic) bond motifs is 1.